The van der Waals surface area contributed by atoms with Crippen molar-refractivity contribution in [2.24, 2.45) is 29.1 Å². The number of hydrogen-bond donors (Lipinski definition) is 5. The molecule has 4 aliphatic rings. The Morgan fingerprint density at radius 2 is 1.79 bits per heavy atom. The number of benzene rings is 1. The topological polar surface area (TPSA) is 136 Å². The molecule has 8 nitrogen and oxygen atoms in total. The number of rotatable bonds is 5. The number of carbonyl (C=O) groups excluding carboxylic acids is 2. The van der Waals surface area contributed by atoms with Gasteiger partial charge in [0.2, 0.25) is 0 Å². The summed E-state index contributed by atoms with van der Waals surface area (Å²) in [5.41, 5.74) is -3.37. The van der Waals surface area contributed by atoms with Crippen molar-refractivity contribution in [1.82, 2.24) is 0 Å². The largest absolute Gasteiger partial charge is 0.442 e. The van der Waals surface area contributed by atoms with Gasteiger partial charge in [0.25, 0.3) is 0 Å². The second-order valence-electron chi connectivity index (χ2n) is 12.4. The van der Waals surface area contributed by atoms with Crippen LogP contribution in [0.1, 0.15) is 53.0 Å². The molecule has 1 aromatic carbocycles. The molecule has 2 fully saturated rings. The van der Waals surface area contributed by atoms with E-state index in [4.69, 9.17) is 4.74 Å². The van der Waals surface area contributed by atoms with Gasteiger partial charge in [-0.05, 0) is 42.2 Å². The molecule has 0 spiro atoms. The molecular formula is C30H39NO7. The molecule has 5 rings (SSSR count). The molecule has 2 saturated carbocycles. The second-order valence-corrected chi connectivity index (χ2v) is 12.4. The number of nitrogens with one attached hydrogen (secondary N) is 1. The summed E-state index contributed by atoms with van der Waals surface area (Å²) in [4.78, 5) is 26.2. The van der Waals surface area contributed by atoms with Gasteiger partial charge in [-0.25, -0.2) is 4.79 Å². The molecule has 8 atom stereocenters. The van der Waals surface area contributed by atoms with Gasteiger partial charge in [0.1, 0.15) is 17.3 Å². The maximum Gasteiger partial charge on any atom is 0.412 e. The SMILES string of the molecule is CCCc1ccc(NC(=O)O[C@@H]2[C@@H](C)[C@@]3(O)[C@@H](C=C(CO)C[C@]4(O)C(=O)C(C)=C[C@@H]34)[C@H]3C(C)(C)[C@]23O)cc1. The van der Waals surface area contributed by atoms with Gasteiger partial charge in [-0.1, -0.05) is 58.4 Å². The number of ether oxygens (including phenoxy) is 1. The molecular weight excluding hydrogens is 486 g/mol. The third-order valence-corrected chi connectivity index (χ3v) is 9.98. The number of amides is 1. The number of carbonyl (C=O) groups is 2. The summed E-state index contributed by atoms with van der Waals surface area (Å²) in [6.07, 6.45) is 3.30. The molecule has 1 amide bonds. The first-order valence-corrected chi connectivity index (χ1v) is 13.5. The Kier molecular flexibility index (Phi) is 6.23. The highest BCUT2D eigenvalue weighted by atomic mass is 16.6. The molecule has 0 bridgehead atoms. The van der Waals surface area contributed by atoms with Crippen molar-refractivity contribution in [3.05, 3.63) is 53.1 Å². The van der Waals surface area contributed by atoms with Gasteiger partial charge in [-0.2, -0.15) is 0 Å². The zero-order valence-corrected chi connectivity index (χ0v) is 22.7. The van der Waals surface area contributed by atoms with Gasteiger partial charge in [0, 0.05) is 41.2 Å². The van der Waals surface area contributed by atoms with E-state index in [1.807, 2.05) is 26.0 Å². The number of aryl methyl sites for hydroxylation is 1. The van der Waals surface area contributed by atoms with E-state index in [1.54, 1.807) is 38.1 Å². The maximum absolute atomic E-state index is 13.1. The number of Topliss-reactive ketones (excluding diaryl/α,β-unsaturated/α-hetero) is 1. The Morgan fingerprint density at radius 1 is 1.13 bits per heavy atom. The molecule has 0 radical (unpaired) electrons. The van der Waals surface area contributed by atoms with Gasteiger partial charge >= 0.3 is 6.09 Å². The highest BCUT2D eigenvalue weighted by Crippen LogP contribution is 2.75. The summed E-state index contributed by atoms with van der Waals surface area (Å²) >= 11 is 0. The molecule has 0 aromatic heterocycles. The van der Waals surface area contributed by atoms with Gasteiger partial charge in [-0.15, -0.1) is 0 Å². The van der Waals surface area contributed by atoms with Crippen LogP contribution in [0.5, 0.6) is 0 Å². The lowest BCUT2D eigenvalue weighted by atomic mass is 9.59. The first kappa shape index (κ1) is 27.1. The first-order chi connectivity index (χ1) is 17.8. The average molecular weight is 526 g/mol. The van der Waals surface area contributed by atoms with Crippen molar-refractivity contribution in [2.75, 3.05) is 11.9 Å². The minimum atomic E-state index is -1.93. The van der Waals surface area contributed by atoms with Crippen molar-refractivity contribution in [2.45, 2.75) is 76.8 Å². The van der Waals surface area contributed by atoms with E-state index in [0.29, 0.717) is 16.8 Å². The normalized spacial score (nSPS) is 40.7. The van der Waals surface area contributed by atoms with Crippen LogP contribution in [0.3, 0.4) is 0 Å². The molecule has 4 aliphatic carbocycles. The molecule has 0 aliphatic heterocycles. The van der Waals surface area contributed by atoms with Crippen LogP contribution >= 0.6 is 0 Å². The maximum atomic E-state index is 13.1. The molecule has 38 heavy (non-hydrogen) atoms. The van der Waals surface area contributed by atoms with E-state index in [9.17, 15) is 30.0 Å². The van der Waals surface area contributed by atoms with Crippen LogP contribution in [0, 0.1) is 29.1 Å². The molecule has 0 saturated heterocycles. The molecule has 8 heteroatoms. The minimum Gasteiger partial charge on any atom is -0.442 e. The van der Waals surface area contributed by atoms with Crippen LogP contribution in [-0.2, 0) is 16.0 Å². The molecule has 206 valence electrons. The van der Waals surface area contributed by atoms with E-state index in [2.05, 4.69) is 12.2 Å². The Bertz CT molecular complexity index is 1220. The number of ketones is 1. The van der Waals surface area contributed by atoms with Crippen LogP contribution in [0.15, 0.2) is 47.6 Å². The lowest BCUT2D eigenvalue weighted by Crippen LogP contribution is -2.65. The molecule has 0 heterocycles. The lowest BCUT2D eigenvalue weighted by Gasteiger charge is -2.52. The summed E-state index contributed by atoms with van der Waals surface area (Å²) in [6.45, 7) is 8.74. The molecule has 0 unspecified atom stereocenters. The zero-order valence-electron chi connectivity index (χ0n) is 22.7. The van der Waals surface area contributed by atoms with Gasteiger partial charge in [0.05, 0.1) is 12.2 Å². The van der Waals surface area contributed by atoms with Gasteiger partial charge in [0.15, 0.2) is 5.78 Å². The van der Waals surface area contributed by atoms with Crippen molar-refractivity contribution < 1.29 is 34.8 Å². The van der Waals surface area contributed by atoms with Crippen LogP contribution in [-0.4, -0.2) is 61.8 Å². The van der Waals surface area contributed by atoms with E-state index >= 15 is 0 Å². The number of hydrogen-bond acceptors (Lipinski definition) is 7. The average Bonchev–Trinajstić information content (AvgIpc) is 3.26. The Labute approximate surface area is 223 Å². The third kappa shape index (κ3) is 3.50. The highest BCUT2D eigenvalue weighted by Gasteiger charge is 2.85. The van der Waals surface area contributed by atoms with Gasteiger partial charge in [-0.3, -0.25) is 10.1 Å². The fourth-order valence-electron chi connectivity index (χ4n) is 7.91. The predicted molar refractivity (Wildman–Crippen MR) is 141 cm³/mol. The van der Waals surface area contributed by atoms with E-state index in [1.165, 1.54) is 0 Å². The minimum absolute atomic E-state index is 0.113. The quantitative estimate of drug-likeness (QED) is 0.373. The van der Waals surface area contributed by atoms with Crippen LogP contribution in [0.4, 0.5) is 10.5 Å². The van der Waals surface area contributed by atoms with E-state index in [-0.39, 0.29) is 13.0 Å². The van der Waals surface area contributed by atoms with Crippen molar-refractivity contribution in [3.63, 3.8) is 0 Å². The monoisotopic (exact) mass is 525 g/mol. The Morgan fingerprint density at radius 3 is 2.39 bits per heavy atom. The fraction of sp³-hybridized carbons (Fsp3) is 0.600. The van der Waals surface area contributed by atoms with Crippen molar-refractivity contribution in [1.29, 1.82) is 0 Å². The molecule has 5 N–H and O–H groups in total. The number of fused-ring (bicyclic) bond motifs is 5. The van der Waals surface area contributed by atoms with E-state index in [0.717, 1.165) is 18.4 Å². The Balaban J connectivity index is 1.51. The fourth-order valence-corrected chi connectivity index (χ4v) is 7.91. The van der Waals surface area contributed by atoms with Crippen LogP contribution in [0.25, 0.3) is 0 Å². The molecule has 1 aromatic rings. The first-order valence-electron chi connectivity index (χ1n) is 13.5. The smallest absolute Gasteiger partial charge is 0.412 e. The summed E-state index contributed by atoms with van der Waals surface area (Å²) in [5.74, 6) is -3.54. The number of aliphatic hydroxyl groups excluding tert-OH is 1. The standard InChI is InChI=1S/C30H39NO7/c1-6-7-18-8-10-20(11-9-18)31-26(34)38-25-17(3)29(36)21(23-27(4,5)30(23,25)37)13-19(15-32)14-28(35)22(29)12-16(2)24(28)33/h8-13,17,21-23,25,32,35-37H,6-7,14-15H2,1-5H3,(H,31,34)/t17-,21+,22-,23+,25-,28-,29-,30-/m1/s1. The van der Waals surface area contributed by atoms with Crippen LogP contribution < -0.4 is 5.32 Å². The van der Waals surface area contributed by atoms with Crippen molar-refractivity contribution in [3.8, 4) is 0 Å². The summed E-state index contributed by atoms with van der Waals surface area (Å²) in [6, 6.07) is 7.46. The summed E-state index contributed by atoms with van der Waals surface area (Å²) < 4.78 is 5.90. The lowest BCUT2D eigenvalue weighted by molar-refractivity contribution is -0.208. The Hall–Kier alpha value is -2.52. The second kappa shape index (κ2) is 8.74. The predicted octanol–water partition coefficient (Wildman–Crippen LogP) is 3.14. The van der Waals surface area contributed by atoms with Gasteiger partial charge < -0.3 is 25.2 Å². The highest BCUT2D eigenvalue weighted by molar-refractivity contribution is 6.04. The number of anilines is 1. The van der Waals surface area contributed by atoms with Crippen molar-refractivity contribution >= 4 is 17.6 Å². The van der Waals surface area contributed by atoms with Crippen LogP contribution in [0.2, 0.25) is 0 Å². The summed E-state index contributed by atoms with van der Waals surface area (Å²) in [7, 11) is 0. The summed E-state index contributed by atoms with van der Waals surface area (Å²) in [5, 5.41) is 49.0. The number of aliphatic hydroxyl groups is 4. The zero-order chi connectivity index (χ0) is 27.8. The van der Waals surface area contributed by atoms with E-state index < -0.39 is 63.9 Å². The third-order valence-electron chi connectivity index (χ3n) is 9.98.